The van der Waals surface area contributed by atoms with E-state index in [1.807, 2.05) is 24.4 Å². The van der Waals surface area contributed by atoms with Gasteiger partial charge in [0.1, 0.15) is 0 Å². The Balaban J connectivity index is 1.89. The summed E-state index contributed by atoms with van der Waals surface area (Å²) >= 11 is 3.35. The van der Waals surface area contributed by atoms with E-state index in [4.69, 9.17) is 0 Å². The summed E-state index contributed by atoms with van der Waals surface area (Å²) in [7, 11) is 0. The largest absolute Gasteiger partial charge is 0.306 e. The van der Waals surface area contributed by atoms with Crippen molar-refractivity contribution in [2.75, 3.05) is 0 Å². The molecule has 1 aliphatic carbocycles. The van der Waals surface area contributed by atoms with Gasteiger partial charge in [-0.15, -0.1) is 0 Å². The third-order valence-corrected chi connectivity index (χ3v) is 3.45. The van der Waals surface area contributed by atoms with Crippen LogP contribution in [0.2, 0.25) is 0 Å². The Morgan fingerprint density at radius 2 is 2.11 bits per heavy atom. The zero-order valence-electron chi connectivity index (χ0n) is 9.95. The van der Waals surface area contributed by atoms with Gasteiger partial charge in [-0.3, -0.25) is 10.2 Å². The van der Waals surface area contributed by atoms with Crippen molar-refractivity contribution < 1.29 is 4.79 Å². The van der Waals surface area contributed by atoms with Crippen LogP contribution in [0.3, 0.4) is 0 Å². The van der Waals surface area contributed by atoms with Crippen molar-refractivity contribution in [1.29, 1.82) is 0 Å². The number of carbonyl (C=O) groups is 1. The minimum Gasteiger partial charge on any atom is -0.306 e. The van der Waals surface area contributed by atoms with E-state index < -0.39 is 0 Å². The van der Waals surface area contributed by atoms with Crippen LogP contribution in [0.1, 0.15) is 29.6 Å². The molecular formula is C14H15BrN2O. The molecule has 18 heavy (non-hydrogen) atoms. The lowest BCUT2D eigenvalue weighted by atomic mass is 10.0. The summed E-state index contributed by atoms with van der Waals surface area (Å²) in [4.78, 5) is 11.9. The van der Waals surface area contributed by atoms with Crippen molar-refractivity contribution in [2.45, 2.75) is 19.3 Å². The monoisotopic (exact) mass is 306 g/mol. The second-order valence-corrected chi connectivity index (χ2v) is 4.95. The van der Waals surface area contributed by atoms with Gasteiger partial charge in [-0.2, -0.15) is 0 Å². The minimum atomic E-state index is -0.148. The van der Waals surface area contributed by atoms with E-state index in [9.17, 15) is 4.79 Å². The molecule has 94 valence electrons. The molecule has 0 spiro atoms. The van der Waals surface area contributed by atoms with Crippen LogP contribution in [0.4, 0.5) is 0 Å². The Morgan fingerprint density at radius 3 is 2.83 bits per heavy atom. The number of allylic oxidation sites excluding steroid dienone is 3. The highest BCUT2D eigenvalue weighted by atomic mass is 79.9. The highest BCUT2D eigenvalue weighted by Gasteiger charge is 2.07. The quantitative estimate of drug-likeness (QED) is 0.664. The average molecular weight is 307 g/mol. The molecular weight excluding hydrogens is 292 g/mol. The summed E-state index contributed by atoms with van der Waals surface area (Å²) in [5.41, 5.74) is 7.45. The van der Waals surface area contributed by atoms with E-state index in [0.717, 1.165) is 23.7 Å². The number of carbonyl (C=O) groups excluding carboxylic acids is 1. The maximum Gasteiger partial charge on any atom is 0.270 e. The lowest BCUT2D eigenvalue weighted by Gasteiger charge is -2.10. The third kappa shape index (κ3) is 3.47. The maximum absolute atomic E-state index is 11.9. The summed E-state index contributed by atoms with van der Waals surface area (Å²) in [6.45, 7) is 0. The van der Waals surface area contributed by atoms with Gasteiger partial charge in [-0.05, 0) is 52.9 Å². The van der Waals surface area contributed by atoms with Gasteiger partial charge in [-0.25, -0.2) is 0 Å². The van der Waals surface area contributed by atoms with Crippen molar-refractivity contribution in [3.63, 3.8) is 0 Å². The topological polar surface area (TPSA) is 41.1 Å². The molecule has 1 amide bonds. The molecule has 1 aliphatic rings. The summed E-state index contributed by atoms with van der Waals surface area (Å²) in [5, 5.41) is 0. The molecule has 0 fully saturated rings. The number of rotatable bonds is 3. The molecule has 0 saturated heterocycles. The fourth-order valence-corrected chi connectivity index (χ4v) is 2.24. The van der Waals surface area contributed by atoms with Crippen LogP contribution in [0.15, 0.2) is 52.7 Å². The minimum absolute atomic E-state index is 0.148. The Hall–Kier alpha value is -1.55. The summed E-state index contributed by atoms with van der Waals surface area (Å²) in [6.07, 6.45) is 9.28. The van der Waals surface area contributed by atoms with Crippen LogP contribution in [0, 0.1) is 0 Å². The van der Waals surface area contributed by atoms with E-state index in [-0.39, 0.29) is 5.91 Å². The smallest absolute Gasteiger partial charge is 0.270 e. The van der Waals surface area contributed by atoms with Gasteiger partial charge < -0.3 is 5.43 Å². The van der Waals surface area contributed by atoms with Gasteiger partial charge in [-0.1, -0.05) is 24.3 Å². The lowest BCUT2D eigenvalue weighted by Crippen LogP contribution is -2.34. The van der Waals surface area contributed by atoms with Crippen LogP contribution >= 0.6 is 15.9 Å². The Bertz CT molecular complexity index is 494. The molecule has 0 heterocycles. The molecule has 0 radical (unpaired) electrons. The standard InChI is InChI=1S/C14H15BrN2O/c15-13-9-5-4-8-12(13)14(18)17-16-10-11-6-2-1-3-7-11/h1-2,4-5,8-10,16H,3,6-7H2,(H,17,18)/b11-10+. The zero-order valence-corrected chi connectivity index (χ0v) is 11.5. The molecule has 0 aromatic heterocycles. The molecule has 1 aromatic carbocycles. The van der Waals surface area contributed by atoms with Crippen LogP contribution in [0.25, 0.3) is 0 Å². The Kier molecular flexibility index (Phi) is 4.59. The predicted molar refractivity (Wildman–Crippen MR) is 75.8 cm³/mol. The van der Waals surface area contributed by atoms with Gasteiger partial charge in [0, 0.05) is 10.7 Å². The molecule has 1 aromatic rings. The molecule has 4 heteroatoms. The highest BCUT2D eigenvalue weighted by Crippen LogP contribution is 2.16. The highest BCUT2D eigenvalue weighted by molar-refractivity contribution is 9.10. The van der Waals surface area contributed by atoms with E-state index in [2.05, 4.69) is 38.9 Å². The number of benzene rings is 1. The van der Waals surface area contributed by atoms with Crippen molar-refractivity contribution >= 4 is 21.8 Å². The van der Waals surface area contributed by atoms with Gasteiger partial charge in [0.05, 0.1) is 5.56 Å². The number of halogens is 1. The number of amides is 1. The Labute approximate surface area is 115 Å². The fourth-order valence-electron chi connectivity index (χ4n) is 1.77. The average Bonchev–Trinajstić information content (AvgIpc) is 2.40. The van der Waals surface area contributed by atoms with Crippen molar-refractivity contribution in [2.24, 2.45) is 0 Å². The van der Waals surface area contributed by atoms with Crippen molar-refractivity contribution in [3.8, 4) is 0 Å². The first kappa shape index (κ1) is 12.9. The van der Waals surface area contributed by atoms with Gasteiger partial charge >= 0.3 is 0 Å². The summed E-state index contributed by atoms with van der Waals surface area (Å²) in [5.74, 6) is -0.148. The second kappa shape index (κ2) is 6.40. The zero-order chi connectivity index (χ0) is 12.8. The van der Waals surface area contributed by atoms with Gasteiger partial charge in [0.25, 0.3) is 5.91 Å². The fraction of sp³-hybridized carbons (Fsp3) is 0.214. The number of nitrogens with one attached hydrogen (secondary N) is 2. The number of hydrogen-bond donors (Lipinski definition) is 2. The first-order valence-corrected chi connectivity index (χ1v) is 6.70. The maximum atomic E-state index is 11.9. The second-order valence-electron chi connectivity index (χ2n) is 4.10. The van der Waals surface area contributed by atoms with E-state index >= 15 is 0 Å². The van der Waals surface area contributed by atoms with E-state index in [1.54, 1.807) is 6.07 Å². The van der Waals surface area contributed by atoms with E-state index in [0.29, 0.717) is 5.56 Å². The van der Waals surface area contributed by atoms with Crippen LogP contribution in [-0.4, -0.2) is 5.91 Å². The summed E-state index contributed by atoms with van der Waals surface area (Å²) < 4.78 is 0.789. The van der Waals surface area contributed by atoms with Crippen LogP contribution < -0.4 is 10.9 Å². The van der Waals surface area contributed by atoms with Crippen molar-refractivity contribution in [1.82, 2.24) is 10.9 Å². The molecule has 3 nitrogen and oxygen atoms in total. The molecule has 2 rings (SSSR count). The first-order chi connectivity index (χ1) is 8.77. The molecule has 0 saturated carbocycles. The van der Waals surface area contributed by atoms with Gasteiger partial charge in [0.15, 0.2) is 0 Å². The Morgan fingerprint density at radius 1 is 1.28 bits per heavy atom. The normalized spacial score (nSPS) is 16.6. The first-order valence-electron chi connectivity index (χ1n) is 5.90. The lowest BCUT2D eigenvalue weighted by molar-refractivity contribution is 0.0940. The van der Waals surface area contributed by atoms with Crippen LogP contribution in [-0.2, 0) is 0 Å². The number of hydrazine groups is 1. The van der Waals surface area contributed by atoms with Crippen LogP contribution in [0.5, 0.6) is 0 Å². The predicted octanol–water partition coefficient (Wildman–Crippen LogP) is 3.31. The molecule has 0 aliphatic heterocycles. The van der Waals surface area contributed by atoms with Crippen molar-refractivity contribution in [3.05, 3.63) is 58.2 Å². The SMILES string of the molecule is O=C(NN/C=C1\CC=CCC1)c1ccccc1Br. The molecule has 0 unspecified atom stereocenters. The van der Waals surface area contributed by atoms with Gasteiger partial charge in [0.2, 0.25) is 0 Å². The van der Waals surface area contributed by atoms with E-state index in [1.165, 1.54) is 5.57 Å². The molecule has 0 bridgehead atoms. The summed E-state index contributed by atoms with van der Waals surface area (Å²) in [6, 6.07) is 7.34. The third-order valence-electron chi connectivity index (χ3n) is 2.76. The molecule has 2 N–H and O–H groups in total. The number of hydrogen-bond acceptors (Lipinski definition) is 2. The molecule has 0 atom stereocenters.